The number of alkyl carbamates (subject to hydrolysis) is 6. The molecule has 0 bridgehead atoms. The summed E-state index contributed by atoms with van der Waals surface area (Å²) < 4.78 is 110. The molecule has 38 heteroatoms. The zero-order chi connectivity index (χ0) is 79.7. The van der Waals surface area contributed by atoms with Crippen LogP contribution in [-0.2, 0) is 104 Å². The second kappa shape index (κ2) is 34.9. The molecule has 1 aromatic rings. The third-order valence-electron chi connectivity index (χ3n) is 15.0. The molecule has 5 fully saturated rings. The third kappa shape index (κ3) is 27.3. The van der Waals surface area contributed by atoms with Crippen molar-refractivity contribution in [2.75, 3.05) is 19.7 Å². The number of carbonyl (C=O) groups excluding carboxylic acids is 11. The fourth-order valence-corrected chi connectivity index (χ4v) is 11.4. The predicted molar refractivity (Wildman–Crippen MR) is 361 cm³/mol. The summed E-state index contributed by atoms with van der Waals surface area (Å²) in [6.45, 7) is 30.4. The number of hydrogen-bond donors (Lipinski definition) is 6. The predicted octanol–water partition coefficient (Wildman–Crippen LogP) is 5.60. The second-order valence-corrected chi connectivity index (χ2v) is 31.5. The van der Waals surface area contributed by atoms with Crippen LogP contribution < -0.4 is 31.9 Å². The Kier molecular flexibility index (Phi) is 28.4. The van der Waals surface area contributed by atoms with E-state index < -0.39 is 241 Å². The molecule has 1 aliphatic carbocycles. The van der Waals surface area contributed by atoms with E-state index in [-0.39, 0.29) is 17.8 Å². The molecule has 0 radical (unpaired) electrons. The lowest BCUT2D eigenvalue weighted by Crippen LogP contribution is -2.71. The molecule has 1 saturated carbocycles. The van der Waals surface area contributed by atoms with Crippen LogP contribution in [0.25, 0.3) is 0 Å². The molecule has 6 N–H and O–H groups in total. The third-order valence-corrected chi connectivity index (χ3v) is 15.0. The fourth-order valence-electron chi connectivity index (χ4n) is 11.4. The van der Waals surface area contributed by atoms with Crippen molar-refractivity contribution in [2.45, 2.75) is 309 Å². The summed E-state index contributed by atoms with van der Waals surface area (Å²) in [5.74, 6) is -5.25. The number of ether oxygens (including phenoxy) is 18. The van der Waals surface area contributed by atoms with Crippen LogP contribution in [0.4, 0.5) is 34.5 Å². The van der Waals surface area contributed by atoms with Crippen LogP contribution in [0, 0.1) is 10.1 Å². The zero-order valence-electron chi connectivity index (χ0n) is 63.7. The van der Waals surface area contributed by atoms with Gasteiger partial charge in [0, 0.05) is 46.4 Å². The molecule has 0 spiro atoms. The number of nitrogens with zero attached hydrogens (tertiary/aromatic N) is 1. The summed E-state index contributed by atoms with van der Waals surface area (Å²) in [6.07, 6.45) is -32.7. The molecule has 1 aromatic carbocycles. The summed E-state index contributed by atoms with van der Waals surface area (Å²) in [5, 5.41) is 27.5. The normalized spacial score (nSPS) is 28.7. The Bertz CT molecular complexity index is 3310. The van der Waals surface area contributed by atoms with Gasteiger partial charge in [0.15, 0.2) is 43.3 Å². The van der Waals surface area contributed by atoms with Gasteiger partial charge in [-0.1, -0.05) is 0 Å². The number of benzene rings is 1. The summed E-state index contributed by atoms with van der Waals surface area (Å²) in [6, 6.07) is -2.16. The van der Waals surface area contributed by atoms with Gasteiger partial charge < -0.3 is 117 Å². The molecular weight excluding hydrogens is 1410 g/mol. The molecule has 6 rings (SSSR count). The number of carbonyl (C=O) groups is 11. The first kappa shape index (κ1) is 86.2. The summed E-state index contributed by atoms with van der Waals surface area (Å²) in [5.41, 5.74) is -7.35. The van der Waals surface area contributed by atoms with Crippen molar-refractivity contribution in [3.8, 4) is 0 Å². The first-order valence-corrected chi connectivity index (χ1v) is 34.3. The molecule has 19 atom stereocenters. The monoisotopic (exact) mass is 1510 g/mol. The van der Waals surface area contributed by atoms with E-state index in [2.05, 4.69) is 31.9 Å². The Hall–Kier alpha value is -8.69. The number of fused-ring (bicyclic) bond motifs is 1. The zero-order valence-corrected chi connectivity index (χ0v) is 63.7. The summed E-state index contributed by atoms with van der Waals surface area (Å²) in [7, 11) is 0. The van der Waals surface area contributed by atoms with Crippen molar-refractivity contribution in [2.24, 2.45) is 0 Å². The number of amides is 6. The average molecular weight is 1510 g/mol. The van der Waals surface area contributed by atoms with Gasteiger partial charge in [0.05, 0.1) is 29.1 Å². The van der Waals surface area contributed by atoms with Crippen molar-refractivity contribution < 1.29 is 143 Å². The van der Waals surface area contributed by atoms with Crippen LogP contribution in [0.1, 0.15) is 169 Å². The van der Waals surface area contributed by atoms with Crippen LogP contribution in [0.15, 0.2) is 24.3 Å². The molecular formula is C68H103N7O31. The molecule has 0 unspecified atom stereocenters. The topological polar surface area (TPSA) is 473 Å². The highest BCUT2D eigenvalue weighted by Crippen LogP contribution is 2.42. The Balaban J connectivity index is 1.62. The van der Waals surface area contributed by atoms with Gasteiger partial charge in [-0.05, 0) is 143 Å². The van der Waals surface area contributed by atoms with Crippen LogP contribution in [0.5, 0.6) is 0 Å². The lowest BCUT2D eigenvalue weighted by molar-refractivity contribution is -0.384. The molecule has 38 nitrogen and oxygen atoms in total. The number of non-ortho nitro benzene ring substituents is 1. The van der Waals surface area contributed by atoms with Gasteiger partial charge in [0.25, 0.3) is 5.69 Å². The van der Waals surface area contributed by atoms with Gasteiger partial charge in [-0.25, -0.2) is 33.6 Å². The SMILES string of the molecule is CC(=O)O[C@@H]1[C@@H](NC(=O)OC(C)(C)C)[C@@H](O[C@H]2[C@H](O[C@@H]3O[C@H](COC(=O)c4ccc([N+](=O)[O-])cc4)[C@@H](O[C@H]4O[C@@H](CNC(=O)OC(C)(C)C)[C@@H]5O[C@@H]5[C@H]4NC(=O)OC(C)(C)C)[C@H]3OC(C)=O)[C@@H](OC(C)=O)[C@H](NC(=O)OC(C)(C)C)C[C@@H]2NC(=O)OC(C)(C)C)O[C@H](CNC(=O)OC(C)(C)C)[C@H]1OC(C)=O. The lowest BCUT2D eigenvalue weighted by Gasteiger charge is -2.50. The van der Waals surface area contributed by atoms with Gasteiger partial charge in [-0.15, -0.1) is 0 Å². The van der Waals surface area contributed by atoms with Crippen molar-refractivity contribution in [3.63, 3.8) is 0 Å². The molecule has 4 saturated heterocycles. The van der Waals surface area contributed by atoms with Crippen LogP contribution in [0.3, 0.4) is 0 Å². The van der Waals surface area contributed by atoms with E-state index in [1.54, 1.807) is 83.1 Å². The van der Waals surface area contributed by atoms with Crippen LogP contribution in [0.2, 0.25) is 0 Å². The minimum absolute atomic E-state index is 0.208. The number of hydrogen-bond acceptors (Lipinski definition) is 31. The van der Waals surface area contributed by atoms with Crippen molar-refractivity contribution in [1.82, 2.24) is 31.9 Å². The molecule has 4 heterocycles. The standard InChI is InChI=1S/C68H103N7O31/c1-31(76)90-44-37(71-59(83)103-65(11,12)13)27-38(72-60(84)104-66(14,15)16)45(98-54-42(73-61(85)105-67(17,18)19)49(92-33(3)78)46(91-32(2)77)39(94-54)28-69-57(81)101-63(5,6)7)51(44)100-56-52(93-34(4)79)48(41(96-56)30-89-53(80)35-23-25-36(26-24-35)75(87)88)99-55-43(74-62(86)106-68(20,21)22)50-47(97-50)40(95-55)29-70-58(82)102-64(8,9)10/h23-26,37-52,54-56H,27-30H2,1-22H3,(H,69,81)(H,70,82)(H,71,83)(H,72,84)(H,73,85)(H,74,86)/t37-,38+,39-,40+,41-,42-,43-,44+,45-,46-,47+,48-,49-,50-,51-,52-,54-,55-,56+/m1/s1. The lowest BCUT2D eigenvalue weighted by atomic mass is 9.83. The smallest absolute Gasteiger partial charge is 0.408 e. The molecule has 106 heavy (non-hydrogen) atoms. The second-order valence-electron chi connectivity index (χ2n) is 31.5. The fraction of sp³-hybridized carbons (Fsp3) is 0.750. The maximum atomic E-state index is 14.5. The highest BCUT2D eigenvalue weighted by Gasteiger charge is 2.63. The van der Waals surface area contributed by atoms with Gasteiger partial charge in [-0.3, -0.25) is 29.3 Å². The number of epoxide rings is 1. The molecule has 6 amide bonds. The van der Waals surface area contributed by atoms with Gasteiger partial charge in [-0.2, -0.15) is 0 Å². The van der Waals surface area contributed by atoms with E-state index in [0.29, 0.717) is 0 Å². The number of nitrogens with one attached hydrogen (secondary N) is 6. The molecule has 4 aliphatic heterocycles. The molecule has 5 aliphatic rings. The van der Waals surface area contributed by atoms with Gasteiger partial charge >= 0.3 is 66.4 Å². The number of nitro benzene ring substituents is 1. The highest BCUT2D eigenvalue weighted by molar-refractivity contribution is 5.89. The average Bonchev–Trinajstić information content (AvgIpc) is 1.51. The largest absolute Gasteiger partial charge is 0.459 e. The van der Waals surface area contributed by atoms with Crippen molar-refractivity contribution in [3.05, 3.63) is 39.9 Å². The van der Waals surface area contributed by atoms with Crippen LogP contribution >= 0.6 is 0 Å². The Morgan fingerprint density at radius 2 is 0.774 bits per heavy atom. The van der Waals surface area contributed by atoms with E-state index in [0.717, 1.165) is 52.0 Å². The minimum atomic E-state index is -2.15. The van der Waals surface area contributed by atoms with E-state index >= 15 is 0 Å². The quantitative estimate of drug-likeness (QED) is 0.0270. The summed E-state index contributed by atoms with van der Waals surface area (Å²) in [4.78, 5) is 163. The van der Waals surface area contributed by atoms with Gasteiger partial charge in [0.2, 0.25) is 0 Å². The van der Waals surface area contributed by atoms with E-state index in [4.69, 9.17) is 85.3 Å². The van der Waals surface area contributed by atoms with Crippen LogP contribution in [-0.4, -0.2) is 241 Å². The number of esters is 5. The maximum Gasteiger partial charge on any atom is 0.408 e. The first-order valence-electron chi connectivity index (χ1n) is 34.3. The first-order chi connectivity index (χ1) is 48.7. The van der Waals surface area contributed by atoms with E-state index in [1.165, 1.54) is 41.5 Å². The van der Waals surface area contributed by atoms with Crippen molar-refractivity contribution in [1.29, 1.82) is 0 Å². The molecule has 0 aromatic heterocycles. The summed E-state index contributed by atoms with van der Waals surface area (Å²) >= 11 is 0. The van der Waals surface area contributed by atoms with Crippen molar-refractivity contribution >= 4 is 72.1 Å². The highest BCUT2D eigenvalue weighted by atomic mass is 16.8. The number of nitro groups is 1. The maximum absolute atomic E-state index is 14.5. The minimum Gasteiger partial charge on any atom is -0.459 e. The van der Waals surface area contributed by atoms with E-state index in [1.807, 2.05) is 0 Å². The Morgan fingerprint density at radius 1 is 0.406 bits per heavy atom. The Labute approximate surface area is 613 Å². The number of rotatable bonds is 22. The molecule has 596 valence electrons. The Morgan fingerprint density at radius 3 is 1.24 bits per heavy atom. The van der Waals surface area contributed by atoms with Gasteiger partial charge in [0.1, 0.15) is 101 Å². The van der Waals surface area contributed by atoms with E-state index in [9.17, 15) is 62.9 Å².